The number of rotatable bonds is 5. The van der Waals surface area contributed by atoms with Gasteiger partial charge in [0.15, 0.2) is 0 Å². The molecule has 0 unspecified atom stereocenters. The average Bonchev–Trinajstić information content (AvgIpc) is 1.89. The van der Waals surface area contributed by atoms with Crippen molar-refractivity contribution in [3.63, 3.8) is 0 Å². The first-order valence-electron chi connectivity index (χ1n) is 3.14. The molecule has 0 aliphatic heterocycles. The summed E-state index contributed by atoms with van der Waals surface area (Å²) in [7, 11) is 0. The first-order chi connectivity index (χ1) is 4.81. The van der Waals surface area contributed by atoms with Crippen molar-refractivity contribution in [1.82, 2.24) is 0 Å². The summed E-state index contributed by atoms with van der Waals surface area (Å²) >= 11 is 0. The van der Waals surface area contributed by atoms with Crippen molar-refractivity contribution >= 4 is 54.4 Å². The Kier molecular flexibility index (Phi) is 21.2. The van der Waals surface area contributed by atoms with E-state index in [1.807, 2.05) is 0 Å². The Labute approximate surface area is 99.9 Å². The van der Waals surface area contributed by atoms with Crippen molar-refractivity contribution in [3.05, 3.63) is 0 Å². The Morgan fingerprint density at radius 2 is 2.00 bits per heavy atom. The van der Waals surface area contributed by atoms with Crippen molar-refractivity contribution in [2.45, 2.75) is 19.3 Å². The molecule has 12 heavy (non-hydrogen) atoms. The van der Waals surface area contributed by atoms with Crippen LogP contribution in [0.1, 0.15) is 19.3 Å². The molecule has 0 saturated carbocycles. The maximum atomic E-state index is 10.4. The van der Waals surface area contributed by atoms with Gasteiger partial charge < -0.3 is 10.5 Å². The van der Waals surface area contributed by atoms with Crippen LogP contribution in [0.25, 0.3) is 0 Å². The Morgan fingerprint density at radius 3 is 2.42 bits per heavy atom. The molecule has 0 fully saturated rings. The van der Waals surface area contributed by atoms with Gasteiger partial charge in [-0.05, 0) is 19.4 Å². The summed E-state index contributed by atoms with van der Waals surface area (Å²) in [6, 6.07) is 0. The molecule has 0 spiro atoms. The van der Waals surface area contributed by atoms with Crippen LogP contribution in [0.5, 0.6) is 0 Å². The van der Waals surface area contributed by atoms with Gasteiger partial charge in [-0.15, -0.1) is 12.4 Å². The van der Waals surface area contributed by atoms with Gasteiger partial charge in [0, 0.05) is 6.42 Å². The zero-order valence-corrected chi connectivity index (χ0v) is 6.93. The molecule has 68 valence electrons. The van der Waals surface area contributed by atoms with E-state index in [1.165, 1.54) is 0 Å². The van der Waals surface area contributed by atoms with Gasteiger partial charge in [-0.25, -0.2) is 0 Å². The van der Waals surface area contributed by atoms with Gasteiger partial charge in [-0.3, -0.25) is 9.59 Å². The Hall–Kier alpha value is 0.390. The minimum absolute atomic E-state index is 0. The normalized spacial score (nSPS) is 7.42. The third kappa shape index (κ3) is 13.0. The molecule has 0 bridgehead atoms. The summed E-state index contributed by atoms with van der Waals surface area (Å²) in [4.78, 5) is 20.0. The number of hydrogen-bond donors (Lipinski definition) is 1. The van der Waals surface area contributed by atoms with Gasteiger partial charge in [0.1, 0.15) is 0 Å². The van der Waals surface area contributed by atoms with Gasteiger partial charge in [0.2, 0.25) is 0 Å². The number of halogens is 1. The van der Waals surface area contributed by atoms with Crippen LogP contribution in [0.2, 0.25) is 0 Å². The molecule has 0 aliphatic carbocycles. The second-order valence-corrected chi connectivity index (χ2v) is 1.83. The summed E-state index contributed by atoms with van der Waals surface area (Å²) in [6.45, 7) is 0.707. The Bertz CT molecular complexity index is 123. The van der Waals surface area contributed by atoms with E-state index in [0.717, 1.165) is 6.42 Å². The second kappa shape index (κ2) is 13.9. The molecule has 6 heteroatoms. The zero-order valence-electron chi connectivity index (χ0n) is 6.12. The SMILES string of the molecule is Cl.NCCCCC(=O)OC=O.[NaH]. The summed E-state index contributed by atoms with van der Waals surface area (Å²) < 4.78 is 4.03. The van der Waals surface area contributed by atoms with E-state index in [-0.39, 0.29) is 54.9 Å². The van der Waals surface area contributed by atoms with Crippen LogP contribution < -0.4 is 5.73 Å². The summed E-state index contributed by atoms with van der Waals surface area (Å²) in [6.07, 6.45) is 1.74. The van der Waals surface area contributed by atoms with E-state index >= 15 is 0 Å². The quantitative estimate of drug-likeness (QED) is 0.218. The topological polar surface area (TPSA) is 69.4 Å². The molecule has 0 aromatic rings. The minimum atomic E-state index is -0.483. The fourth-order valence-electron chi connectivity index (χ4n) is 0.526. The molecular formula is C6H13ClNNaO3. The molecule has 0 saturated heterocycles. The monoisotopic (exact) mass is 205 g/mol. The standard InChI is InChI=1S/C6H11NO3.ClH.Na.H/c7-4-2-1-3-6(9)10-5-8;;;/h5H,1-4,7H2;1H;;. The number of hydrogen-bond acceptors (Lipinski definition) is 4. The fraction of sp³-hybridized carbons (Fsp3) is 0.667. The number of esters is 1. The fourth-order valence-corrected chi connectivity index (χ4v) is 0.526. The van der Waals surface area contributed by atoms with Crippen LogP contribution in [-0.4, -0.2) is 48.5 Å². The van der Waals surface area contributed by atoms with Crippen LogP contribution in [0.3, 0.4) is 0 Å². The van der Waals surface area contributed by atoms with Gasteiger partial charge in [0.25, 0.3) is 0 Å². The number of carbonyl (C=O) groups is 2. The van der Waals surface area contributed by atoms with Gasteiger partial charge in [0.05, 0.1) is 0 Å². The van der Waals surface area contributed by atoms with Crippen molar-refractivity contribution in [2.24, 2.45) is 5.73 Å². The predicted molar refractivity (Wildman–Crippen MR) is 49.5 cm³/mol. The summed E-state index contributed by atoms with van der Waals surface area (Å²) in [5.74, 6) is -0.483. The van der Waals surface area contributed by atoms with Crippen LogP contribution in [-0.2, 0) is 14.3 Å². The van der Waals surface area contributed by atoms with E-state index in [2.05, 4.69) is 4.74 Å². The van der Waals surface area contributed by atoms with Crippen LogP contribution >= 0.6 is 12.4 Å². The molecule has 0 aromatic carbocycles. The molecule has 0 heterocycles. The molecular weight excluding hydrogens is 193 g/mol. The number of unbranched alkanes of at least 4 members (excludes halogenated alkanes) is 1. The Morgan fingerprint density at radius 1 is 1.42 bits per heavy atom. The molecule has 0 radical (unpaired) electrons. The number of ether oxygens (including phenoxy) is 1. The van der Waals surface area contributed by atoms with Crippen molar-refractivity contribution in [3.8, 4) is 0 Å². The molecule has 4 nitrogen and oxygen atoms in total. The number of nitrogens with two attached hydrogens (primary N) is 1. The van der Waals surface area contributed by atoms with Gasteiger partial charge in [-0.2, -0.15) is 0 Å². The van der Waals surface area contributed by atoms with Gasteiger partial charge in [-0.1, -0.05) is 0 Å². The van der Waals surface area contributed by atoms with Gasteiger partial charge >= 0.3 is 42.0 Å². The van der Waals surface area contributed by atoms with E-state index < -0.39 is 5.97 Å². The second-order valence-electron chi connectivity index (χ2n) is 1.83. The molecule has 0 atom stereocenters. The summed E-state index contributed by atoms with van der Waals surface area (Å²) in [5.41, 5.74) is 5.17. The van der Waals surface area contributed by atoms with E-state index in [1.54, 1.807) is 0 Å². The zero-order chi connectivity index (χ0) is 7.82. The molecule has 0 amide bonds. The van der Waals surface area contributed by atoms with Crippen molar-refractivity contribution < 1.29 is 14.3 Å². The van der Waals surface area contributed by atoms with Crippen LogP contribution in [0, 0.1) is 0 Å². The first kappa shape index (κ1) is 18.2. The van der Waals surface area contributed by atoms with E-state index in [4.69, 9.17) is 5.73 Å². The van der Waals surface area contributed by atoms with E-state index in [9.17, 15) is 9.59 Å². The molecule has 0 rings (SSSR count). The number of carbonyl (C=O) groups excluding carboxylic acids is 2. The molecule has 0 aliphatic rings. The van der Waals surface area contributed by atoms with Crippen LogP contribution in [0.4, 0.5) is 0 Å². The molecule has 0 aromatic heterocycles. The third-order valence-electron chi connectivity index (χ3n) is 1.01. The average molecular weight is 206 g/mol. The Balaban J connectivity index is -0.000000405. The summed E-state index contributed by atoms with van der Waals surface area (Å²) in [5, 5.41) is 0. The first-order valence-corrected chi connectivity index (χ1v) is 3.14. The third-order valence-corrected chi connectivity index (χ3v) is 1.01. The van der Waals surface area contributed by atoms with Crippen molar-refractivity contribution in [1.29, 1.82) is 0 Å². The molecule has 2 N–H and O–H groups in total. The van der Waals surface area contributed by atoms with Crippen LogP contribution in [0.15, 0.2) is 0 Å². The van der Waals surface area contributed by atoms with Crippen molar-refractivity contribution in [2.75, 3.05) is 6.54 Å². The maximum absolute atomic E-state index is 10.4. The van der Waals surface area contributed by atoms with E-state index in [0.29, 0.717) is 13.0 Å². The predicted octanol–water partition coefficient (Wildman–Crippen LogP) is -0.412.